The molecule has 0 radical (unpaired) electrons. The normalized spacial score (nSPS) is 15.2. The zero-order valence-electron chi connectivity index (χ0n) is 7.14. The van der Waals surface area contributed by atoms with Gasteiger partial charge < -0.3 is 5.11 Å². The van der Waals surface area contributed by atoms with Gasteiger partial charge in [-0.05, 0) is 11.6 Å². The van der Waals surface area contributed by atoms with Gasteiger partial charge in [-0.2, -0.15) is 0 Å². The van der Waals surface area contributed by atoms with E-state index in [0.717, 1.165) is 5.56 Å². The van der Waals surface area contributed by atoms with Crippen molar-refractivity contribution in [2.24, 2.45) is 5.92 Å². The van der Waals surface area contributed by atoms with E-state index in [-0.39, 0.29) is 5.92 Å². The summed E-state index contributed by atoms with van der Waals surface area (Å²) in [5, 5.41) is 9.68. The summed E-state index contributed by atoms with van der Waals surface area (Å²) >= 11 is 0. The molecule has 0 bridgehead atoms. The van der Waals surface area contributed by atoms with E-state index in [0.29, 0.717) is 0 Å². The van der Waals surface area contributed by atoms with Crippen molar-refractivity contribution >= 4 is 0 Å². The highest BCUT2D eigenvalue weighted by Crippen LogP contribution is 2.20. The van der Waals surface area contributed by atoms with Gasteiger partial charge in [0.25, 0.3) is 0 Å². The summed E-state index contributed by atoms with van der Waals surface area (Å²) in [5.41, 5.74) is 0.838. The van der Waals surface area contributed by atoms with E-state index in [1.54, 1.807) is 18.5 Å². The van der Waals surface area contributed by atoms with Crippen LogP contribution in [-0.2, 0) is 0 Å². The molecule has 64 valence electrons. The van der Waals surface area contributed by atoms with Crippen molar-refractivity contribution < 1.29 is 5.11 Å². The minimum absolute atomic E-state index is 0.0641. The van der Waals surface area contributed by atoms with Crippen LogP contribution in [0.15, 0.2) is 37.2 Å². The molecule has 2 atom stereocenters. The zero-order valence-corrected chi connectivity index (χ0v) is 7.14. The van der Waals surface area contributed by atoms with Gasteiger partial charge >= 0.3 is 0 Å². The highest BCUT2D eigenvalue weighted by Gasteiger charge is 2.12. The average Bonchev–Trinajstić information content (AvgIpc) is 2.17. The summed E-state index contributed by atoms with van der Waals surface area (Å²) in [6, 6.07) is 3.67. The van der Waals surface area contributed by atoms with Gasteiger partial charge in [0.2, 0.25) is 0 Å². The second kappa shape index (κ2) is 4.02. The van der Waals surface area contributed by atoms with Crippen LogP contribution < -0.4 is 0 Å². The van der Waals surface area contributed by atoms with Crippen LogP contribution in [0.25, 0.3) is 0 Å². The first-order chi connectivity index (χ1) is 5.75. The molecule has 1 aromatic heterocycles. The number of hydrogen-bond acceptors (Lipinski definition) is 2. The molecule has 0 aliphatic carbocycles. The maximum Gasteiger partial charge on any atom is 0.0864 e. The van der Waals surface area contributed by atoms with E-state index in [1.807, 2.05) is 19.1 Å². The number of rotatable bonds is 3. The van der Waals surface area contributed by atoms with Crippen molar-refractivity contribution in [3.8, 4) is 0 Å². The van der Waals surface area contributed by atoms with Crippen LogP contribution in [0.1, 0.15) is 18.6 Å². The molecule has 0 saturated carbocycles. The summed E-state index contributed by atoms with van der Waals surface area (Å²) < 4.78 is 0. The minimum atomic E-state index is -0.490. The molecule has 1 aromatic rings. The fourth-order valence-electron chi connectivity index (χ4n) is 0.983. The van der Waals surface area contributed by atoms with Crippen molar-refractivity contribution in [2.75, 3.05) is 0 Å². The Morgan fingerprint density at radius 3 is 2.92 bits per heavy atom. The zero-order chi connectivity index (χ0) is 8.97. The molecule has 0 amide bonds. The van der Waals surface area contributed by atoms with Gasteiger partial charge in [-0.1, -0.05) is 19.1 Å². The van der Waals surface area contributed by atoms with Gasteiger partial charge in [0, 0.05) is 18.3 Å². The van der Waals surface area contributed by atoms with Gasteiger partial charge in [-0.15, -0.1) is 6.58 Å². The van der Waals surface area contributed by atoms with E-state index in [2.05, 4.69) is 11.6 Å². The van der Waals surface area contributed by atoms with Gasteiger partial charge in [0.05, 0.1) is 6.10 Å². The van der Waals surface area contributed by atoms with Gasteiger partial charge in [0.1, 0.15) is 0 Å². The van der Waals surface area contributed by atoms with E-state index in [4.69, 9.17) is 0 Å². The number of pyridine rings is 1. The van der Waals surface area contributed by atoms with Crippen molar-refractivity contribution in [1.82, 2.24) is 4.98 Å². The Kier molecular flexibility index (Phi) is 3.00. The van der Waals surface area contributed by atoms with E-state index in [1.165, 1.54) is 0 Å². The van der Waals surface area contributed by atoms with Gasteiger partial charge in [0.15, 0.2) is 0 Å². The third-order valence-corrected chi connectivity index (χ3v) is 1.90. The molecule has 1 heterocycles. The molecule has 0 aliphatic heterocycles. The standard InChI is InChI=1S/C10H13NO/c1-3-8(2)10(12)9-5-4-6-11-7-9/h3-8,10,12H,1H2,2H3. The molecule has 0 saturated heterocycles. The molecular weight excluding hydrogens is 150 g/mol. The Bertz CT molecular complexity index is 245. The smallest absolute Gasteiger partial charge is 0.0864 e. The summed E-state index contributed by atoms with van der Waals surface area (Å²) in [7, 11) is 0. The summed E-state index contributed by atoms with van der Waals surface area (Å²) in [6.45, 7) is 5.55. The fraction of sp³-hybridized carbons (Fsp3) is 0.300. The lowest BCUT2D eigenvalue weighted by Gasteiger charge is -2.14. The third-order valence-electron chi connectivity index (χ3n) is 1.90. The monoisotopic (exact) mass is 163 g/mol. The number of aromatic nitrogens is 1. The average molecular weight is 163 g/mol. The molecule has 0 fully saturated rings. The van der Waals surface area contributed by atoms with Gasteiger partial charge in [-0.3, -0.25) is 4.98 Å². The number of hydrogen-bond donors (Lipinski definition) is 1. The highest BCUT2D eigenvalue weighted by molar-refractivity contribution is 5.13. The van der Waals surface area contributed by atoms with Gasteiger partial charge in [-0.25, -0.2) is 0 Å². The molecule has 1 rings (SSSR count). The van der Waals surface area contributed by atoms with Crippen LogP contribution >= 0.6 is 0 Å². The van der Waals surface area contributed by atoms with Crippen molar-refractivity contribution in [1.29, 1.82) is 0 Å². The lowest BCUT2D eigenvalue weighted by atomic mass is 9.99. The maximum atomic E-state index is 9.68. The van der Waals surface area contributed by atoms with Crippen LogP contribution in [0, 0.1) is 5.92 Å². The Hall–Kier alpha value is -1.15. The minimum Gasteiger partial charge on any atom is -0.388 e. The van der Waals surface area contributed by atoms with Crippen molar-refractivity contribution in [3.63, 3.8) is 0 Å². The molecule has 1 N–H and O–H groups in total. The lowest BCUT2D eigenvalue weighted by molar-refractivity contribution is 0.139. The van der Waals surface area contributed by atoms with Crippen LogP contribution in [-0.4, -0.2) is 10.1 Å². The first-order valence-corrected chi connectivity index (χ1v) is 3.96. The molecule has 2 heteroatoms. The molecule has 0 aliphatic rings. The maximum absolute atomic E-state index is 9.68. The number of nitrogens with zero attached hydrogens (tertiary/aromatic N) is 1. The van der Waals surface area contributed by atoms with Crippen molar-refractivity contribution in [3.05, 3.63) is 42.7 Å². The van der Waals surface area contributed by atoms with Crippen LogP contribution in [0.4, 0.5) is 0 Å². The summed E-state index contributed by atoms with van der Waals surface area (Å²) in [6.07, 6.45) is 4.60. The SMILES string of the molecule is C=CC(C)C(O)c1cccnc1. The molecular formula is C10H13NO. The first kappa shape index (κ1) is 8.94. The number of aliphatic hydroxyl groups excluding tert-OH is 1. The summed E-state index contributed by atoms with van der Waals surface area (Å²) in [4.78, 5) is 3.93. The number of aliphatic hydroxyl groups is 1. The van der Waals surface area contributed by atoms with Crippen LogP contribution in [0.2, 0.25) is 0 Å². The van der Waals surface area contributed by atoms with Crippen molar-refractivity contribution in [2.45, 2.75) is 13.0 Å². The fourth-order valence-corrected chi connectivity index (χ4v) is 0.983. The predicted octanol–water partition coefficient (Wildman–Crippen LogP) is 1.94. The van der Waals surface area contributed by atoms with E-state index < -0.39 is 6.10 Å². The molecule has 2 nitrogen and oxygen atoms in total. The van der Waals surface area contributed by atoms with Crippen LogP contribution in [0.5, 0.6) is 0 Å². The Labute approximate surface area is 72.6 Å². The third kappa shape index (κ3) is 1.92. The molecule has 2 unspecified atom stereocenters. The largest absolute Gasteiger partial charge is 0.388 e. The Morgan fingerprint density at radius 2 is 2.42 bits per heavy atom. The quantitative estimate of drug-likeness (QED) is 0.691. The van der Waals surface area contributed by atoms with E-state index in [9.17, 15) is 5.11 Å². The Balaban J connectivity index is 2.78. The topological polar surface area (TPSA) is 33.1 Å². The molecule has 12 heavy (non-hydrogen) atoms. The van der Waals surface area contributed by atoms with Crippen LogP contribution in [0.3, 0.4) is 0 Å². The van der Waals surface area contributed by atoms with E-state index >= 15 is 0 Å². The Morgan fingerprint density at radius 1 is 1.67 bits per heavy atom. The second-order valence-electron chi connectivity index (χ2n) is 2.83. The predicted molar refractivity (Wildman–Crippen MR) is 48.6 cm³/mol. The first-order valence-electron chi connectivity index (χ1n) is 3.96. The molecule has 0 spiro atoms. The summed E-state index contributed by atoms with van der Waals surface area (Å²) in [5.74, 6) is 0.0641. The molecule has 0 aromatic carbocycles. The highest BCUT2D eigenvalue weighted by atomic mass is 16.3. The lowest BCUT2D eigenvalue weighted by Crippen LogP contribution is -2.06. The second-order valence-corrected chi connectivity index (χ2v) is 2.83.